The number of aryl methyl sites for hydroxylation is 1. The van der Waals surface area contributed by atoms with Crippen LogP contribution in [-0.2, 0) is 30.6 Å². The lowest BCUT2D eigenvalue weighted by Gasteiger charge is -2.57. The van der Waals surface area contributed by atoms with E-state index in [0.717, 1.165) is 36.8 Å². The summed E-state index contributed by atoms with van der Waals surface area (Å²) >= 11 is 0. The highest BCUT2D eigenvalue weighted by molar-refractivity contribution is 5.92. The maximum absolute atomic E-state index is 13.1. The number of amides is 1. The van der Waals surface area contributed by atoms with Crippen molar-refractivity contribution >= 4 is 5.91 Å². The van der Waals surface area contributed by atoms with Crippen LogP contribution in [-0.4, -0.2) is 23.6 Å². The van der Waals surface area contributed by atoms with E-state index in [-0.39, 0.29) is 17.7 Å². The van der Waals surface area contributed by atoms with Crippen LogP contribution in [0.5, 0.6) is 0 Å². The molecule has 1 aromatic rings. The number of rotatable bonds is 3. The molecule has 5 aliphatic rings. The van der Waals surface area contributed by atoms with Gasteiger partial charge < -0.3 is 14.8 Å². The first-order valence-electron chi connectivity index (χ1n) is 11.1. The number of ether oxygens (including phenoxy) is 2. The van der Waals surface area contributed by atoms with E-state index >= 15 is 0 Å². The zero-order valence-electron chi connectivity index (χ0n) is 18.2. The molecule has 0 aromatic heterocycles. The van der Waals surface area contributed by atoms with E-state index in [1.807, 2.05) is 45.0 Å². The predicted octanol–water partition coefficient (Wildman–Crippen LogP) is 4.13. The number of hydrogen-bond acceptors (Lipinski definition) is 5. The molecule has 1 spiro atoms. The van der Waals surface area contributed by atoms with Crippen LogP contribution < -0.4 is 5.32 Å². The van der Waals surface area contributed by atoms with Gasteiger partial charge in [-0.1, -0.05) is 36.8 Å². The number of carbonyl (C=O) groups is 1. The Bertz CT molecular complexity index is 880. The average molecular weight is 414 g/mol. The van der Waals surface area contributed by atoms with Gasteiger partial charge in [0.05, 0.1) is 0 Å². The van der Waals surface area contributed by atoms with Crippen molar-refractivity contribution < 1.29 is 24.0 Å². The van der Waals surface area contributed by atoms with Gasteiger partial charge in [0.25, 0.3) is 5.91 Å². The minimum Gasteiger partial charge on any atom is -0.456 e. The van der Waals surface area contributed by atoms with Gasteiger partial charge in [0.1, 0.15) is 0 Å². The van der Waals surface area contributed by atoms with Gasteiger partial charge in [0.15, 0.2) is 11.4 Å². The highest BCUT2D eigenvalue weighted by atomic mass is 17.3. The molecule has 4 heterocycles. The Kier molecular flexibility index (Phi) is 4.73. The molecule has 4 aliphatic heterocycles. The molecule has 0 radical (unpaired) electrons. The molecule has 4 fully saturated rings. The molecule has 1 aromatic carbocycles. The van der Waals surface area contributed by atoms with E-state index < -0.39 is 17.7 Å². The van der Waals surface area contributed by atoms with Crippen LogP contribution in [0.4, 0.5) is 0 Å². The first kappa shape index (κ1) is 20.0. The molecule has 6 atom stereocenters. The number of fused-ring (bicyclic) bond motifs is 2. The Balaban J connectivity index is 1.44. The minimum absolute atomic E-state index is 0.0419. The Morgan fingerprint density at radius 2 is 1.90 bits per heavy atom. The number of hydrogen-bond donors (Lipinski definition) is 1. The second-order valence-corrected chi connectivity index (χ2v) is 9.65. The topological polar surface area (TPSA) is 66.0 Å². The van der Waals surface area contributed by atoms with Crippen molar-refractivity contribution in [3.8, 4) is 0 Å². The Labute approximate surface area is 177 Å². The summed E-state index contributed by atoms with van der Waals surface area (Å²) < 4.78 is 12.6. The Hall–Kier alpha value is -1.89. The van der Waals surface area contributed by atoms with E-state index in [1.54, 1.807) is 0 Å². The minimum atomic E-state index is -0.841. The highest BCUT2D eigenvalue weighted by Crippen LogP contribution is 2.60. The molecule has 2 unspecified atom stereocenters. The first-order chi connectivity index (χ1) is 14.3. The summed E-state index contributed by atoms with van der Waals surface area (Å²) in [5, 5.41) is 3.01. The van der Waals surface area contributed by atoms with Crippen LogP contribution in [0.1, 0.15) is 57.6 Å². The second kappa shape index (κ2) is 7.08. The summed E-state index contributed by atoms with van der Waals surface area (Å²) in [6.45, 7) is 8.67. The molecule has 1 amide bonds. The molecule has 1 N–H and O–H groups in total. The first-order valence-corrected chi connectivity index (χ1v) is 11.1. The van der Waals surface area contributed by atoms with Gasteiger partial charge in [-0.3, -0.25) is 4.79 Å². The fourth-order valence-electron chi connectivity index (χ4n) is 5.81. The van der Waals surface area contributed by atoms with E-state index in [4.69, 9.17) is 19.2 Å². The van der Waals surface area contributed by atoms with Crippen molar-refractivity contribution in [2.45, 2.75) is 77.6 Å². The number of benzene rings is 1. The van der Waals surface area contributed by atoms with Crippen LogP contribution in [0.15, 0.2) is 35.6 Å². The van der Waals surface area contributed by atoms with Crippen molar-refractivity contribution in [2.75, 3.05) is 0 Å². The number of carbonyl (C=O) groups excluding carboxylic acids is 1. The van der Waals surface area contributed by atoms with Gasteiger partial charge in [-0.2, -0.15) is 0 Å². The molecule has 3 saturated heterocycles. The largest absolute Gasteiger partial charge is 0.456 e. The monoisotopic (exact) mass is 413 g/mol. The third kappa shape index (κ3) is 3.00. The van der Waals surface area contributed by atoms with Gasteiger partial charge in [0, 0.05) is 24.8 Å². The zero-order chi connectivity index (χ0) is 21.1. The second-order valence-electron chi connectivity index (χ2n) is 9.65. The average Bonchev–Trinajstić information content (AvgIpc) is 2.96. The Morgan fingerprint density at radius 1 is 1.13 bits per heavy atom. The molecule has 6 rings (SSSR count). The van der Waals surface area contributed by atoms with Gasteiger partial charge in [0.2, 0.25) is 12.1 Å². The smallest absolute Gasteiger partial charge is 0.286 e. The van der Waals surface area contributed by atoms with Gasteiger partial charge >= 0.3 is 0 Å². The quantitative estimate of drug-likeness (QED) is 0.755. The standard InChI is InChI=1S/C24H31NO5/c1-14-5-8-17(9-6-14)13-25-21(26)20-16(3)19-10-7-15(2)18-11-12-23(4)28-22(27-20)24(18,19)30-29-23/h5-6,8-9,15,18-19,22H,7,10-13H2,1-4H3,(H,25,26)/t15-,18+,19+,22?,23?,24-/m1/s1. The summed E-state index contributed by atoms with van der Waals surface area (Å²) in [5.74, 6) is 0.137. The summed E-state index contributed by atoms with van der Waals surface area (Å²) in [6.07, 6.45) is 3.11. The Morgan fingerprint density at radius 3 is 2.67 bits per heavy atom. The molecular formula is C24H31NO5. The highest BCUT2D eigenvalue weighted by Gasteiger charge is 2.68. The SMILES string of the molecule is CC1=C(C(=O)NCc2ccc(C)cc2)OC2OC3(C)CC[C@H]4[C@H](C)CC[C@@H]1[C@@]24OO3. The molecule has 6 heteroatoms. The zero-order valence-corrected chi connectivity index (χ0v) is 18.2. The molecule has 1 saturated carbocycles. The van der Waals surface area contributed by atoms with Gasteiger partial charge in [-0.05, 0) is 57.1 Å². The maximum Gasteiger partial charge on any atom is 0.286 e. The summed E-state index contributed by atoms with van der Waals surface area (Å²) in [6, 6.07) is 8.15. The van der Waals surface area contributed by atoms with E-state index in [9.17, 15) is 4.79 Å². The van der Waals surface area contributed by atoms with Gasteiger partial charge in [-0.25, -0.2) is 9.78 Å². The lowest BCUT2D eigenvalue weighted by atomic mass is 9.59. The van der Waals surface area contributed by atoms with Crippen molar-refractivity contribution in [3.63, 3.8) is 0 Å². The van der Waals surface area contributed by atoms with Crippen molar-refractivity contribution in [3.05, 3.63) is 46.7 Å². The van der Waals surface area contributed by atoms with E-state index in [1.165, 1.54) is 5.56 Å². The number of nitrogens with one attached hydrogen (secondary N) is 1. The lowest BCUT2D eigenvalue weighted by molar-refractivity contribution is -0.555. The molecule has 162 valence electrons. The molecule has 6 nitrogen and oxygen atoms in total. The van der Waals surface area contributed by atoms with Crippen molar-refractivity contribution in [2.24, 2.45) is 17.8 Å². The predicted molar refractivity (Wildman–Crippen MR) is 110 cm³/mol. The van der Waals surface area contributed by atoms with Crippen LogP contribution >= 0.6 is 0 Å². The summed E-state index contributed by atoms with van der Waals surface area (Å²) in [4.78, 5) is 25.0. The van der Waals surface area contributed by atoms with E-state index in [2.05, 4.69) is 12.2 Å². The van der Waals surface area contributed by atoms with Crippen LogP contribution in [0.25, 0.3) is 0 Å². The molecule has 30 heavy (non-hydrogen) atoms. The summed E-state index contributed by atoms with van der Waals surface area (Å²) in [5.41, 5.74) is 2.50. The third-order valence-electron chi connectivity index (χ3n) is 7.60. The van der Waals surface area contributed by atoms with E-state index in [0.29, 0.717) is 18.2 Å². The summed E-state index contributed by atoms with van der Waals surface area (Å²) in [7, 11) is 0. The molecular weight excluding hydrogens is 382 g/mol. The normalized spacial score (nSPS) is 39.7. The fourth-order valence-corrected chi connectivity index (χ4v) is 5.81. The van der Waals surface area contributed by atoms with Gasteiger partial charge in [-0.15, -0.1) is 0 Å². The van der Waals surface area contributed by atoms with Crippen molar-refractivity contribution in [1.29, 1.82) is 0 Å². The fraction of sp³-hybridized carbons (Fsp3) is 0.625. The van der Waals surface area contributed by atoms with Crippen LogP contribution in [0.2, 0.25) is 0 Å². The maximum atomic E-state index is 13.1. The van der Waals surface area contributed by atoms with Crippen LogP contribution in [0.3, 0.4) is 0 Å². The molecule has 1 aliphatic carbocycles. The third-order valence-corrected chi connectivity index (χ3v) is 7.60. The molecule has 2 bridgehead atoms. The van der Waals surface area contributed by atoms with Crippen molar-refractivity contribution in [1.82, 2.24) is 5.32 Å². The van der Waals surface area contributed by atoms with Crippen LogP contribution in [0, 0.1) is 24.7 Å². The lowest BCUT2D eigenvalue weighted by Crippen LogP contribution is -2.67.